The predicted octanol–water partition coefficient (Wildman–Crippen LogP) is 3.30. The normalized spacial score (nSPS) is 10.8. The fraction of sp³-hybridized carbons (Fsp3) is 0.182. The molecule has 3 nitrogen and oxygen atoms in total. The van der Waals surface area contributed by atoms with E-state index >= 15 is 0 Å². The molecule has 0 saturated carbocycles. The van der Waals surface area contributed by atoms with Crippen LogP contribution in [0.5, 0.6) is 0 Å². The van der Waals surface area contributed by atoms with Crippen LogP contribution in [0.3, 0.4) is 0 Å². The van der Waals surface area contributed by atoms with Gasteiger partial charge in [-0.25, -0.2) is 4.79 Å². The van der Waals surface area contributed by atoms with Gasteiger partial charge in [0.2, 0.25) is 5.76 Å². The third kappa shape index (κ3) is 1.73. The summed E-state index contributed by atoms with van der Waals surface area (Å²) in [7, 11) is 0. The second-order valence-corrected chi connectivity index (χ2v) is 4.45. The number of rotatable bonds is 2. The molecule has 0 radical (unpaired) electrons. The lowest BCUT2D eigenvalue weighted by atomic mass is 10.1. The number of hydrogen-bond acceptors (Lipinski definition) is 2. The molecule has 0 atom stereocenters. The molecule has 1 aromatic heterocycles. The summed E-state index contributed by atoms with van der Waals surface area (Å²) < 4.78 is 6.38. The average Bonchev–Trinajstić information content (AvgIpc) is 2.55. The Bertz CT molecular complexity index is 528. The van der Waals surface area contributed by atoms with Crippen LogP contribution in [0, 0.1) is 3.57 Å². The van der Waals surface area contributed by atoms with Crippen molar-refractivity contribution in [3.63, 3.8) is 0 Å². The highest BCUT2D eigenvalue weighted by molar-refractivity contribution is 14.1. The van der Waals surface area contributed by atoms with Crippen LogP contribution < -0.4 is 0 Å². The Morgan fingerprint density at radius 3 is 2.87 bits per heavy atom. The van der Waals surface area contributed by atoms with Crippen molar-refractivity contribution in [3.8, 4) is 0 Å². The van der Waals surface area contributed by atoms with E-state index in [4.69, 9.17) is 9.52 Å². The number of hydrogen-bond donors (Lipinski definition) is 1. The van der Waals surface area contributed by atoms with Crippen molar-refractivity contribution in [1.29, 1.82) is 0 Å². The third-order valence-electron chi connectivity index (χ3n) is 2.30. The molecule has 0 aliphatic rings. The molecule has 2 aromatic rings. The van der Waals surface area contributed by atoms with Gasteiger partial charge in [0, 0.05) is 14.5 Å². The van der Waals surface area contributed by atoms with E-state index in [0.29, 0.717) is 12.0 Å². The topological polar surface area (TPSA) is 50.4 Å². The molecule has 0 fully saturated rings. The smallest absolute Gasteiger partial charge is 0.372 e. The Balaban J connectivity index is 2.79. The van der Waals surface area contributed by atoms with Crippen LogP contribution in [-0.4, -0.2) is 11.1 Å². The Kier molecular flexibility index (Phi) is 2.68. The summed E-state index contributed by atoms with van der Waals surface area (Å²) in [6, 6.07) is 5.66. The van der Waals surface area contributed by atoms with Crippen molar-refractivity contribution in [1.82, 2.24) is 0 Å². The van der Waals surface area contributed by atoms with Gasteiger partial charge in [-0.05, 0) is 47.2 Å². The van der Waals surface area contributed by atoms with E-state index in [9.17, 15) is 4.79 Å². The van der Waals surface area contributed by atoms with Crippen LogP contribution in [0.1, 0.15) is 23.0 Å². The second kappa shape index (κ2) is 3.84. The summed E-state index contributed by atoms with van der Waals surface area (Å²) in [5.74, 6) is -0.937. The molecule has 0 bridgehead atoms. The first-order valence-electron chi connectivity index (χ1n) is 4.57. The van der Waals surface area contributed by atoms with Crippen LogP contribution in [0.25, 0.3) is 11.0 Å². The predicted molar refractivity (Wildman–Crippen MR) is 65.3 cm³/mol. The van der Waals surface area contributed by atoms with Gasteiger partial charge in [0.15, 0.2) is 0 Å². The largest absolute Gasteiger partial charge is 0.475 e. The quantitative estimate of drug-likeness (QED) is 0.865. The van der Waals surface area contributed by atoms with Gasteiger partial charge >= 0.3 is 5.97 Å². The molecule has 0 amide bonds. The minimum absolute atomic E-state index is 0.0644. The summed E-state index contributed by atoms with van der Waals surface area (Å²) in [6.07, 6.45) is 0.661. The fourth-order valence-electron chi connectivity index (χ4n) is 1.64. The minimum atomic E-state index is -1.00. The summed E-state index contributed by atoms with van der Waals surface area (Å²) in [5, 5.41) is 9.88. The number of halogens is 1. The maximum atomic E-state index is 10.9. The standard InChI is InChI=1S/C11H9IO3/c1-2-7-8-5-6(12)3-4-9(8)15-10(7)11(13)14/h3-5H,2H2,1H3,(H,13,14). The lowest BCUT2D eigenvalue weighted by Crippen LogP contribution is -1.97. The molecule has 15 heavy (non-hydrogen) atoms. The summed E-state index contributed by atoms with van der Waals surface area (Å²) in [5.41, 5.74) is 1.42. The van der Waals surface area contributed by atoms with E-state index in [1.54, 1.807) is 0 Å². The molecule has 2 rings (SSSR count). The van der Waals surface area contributed by atoms with Gasteiger partial charge < -0.3 is 9.52 Å². The van der Waals surface area contributed by atoms with E-state index in [0.717, 1.165) is 14.5 Å². The zero-order valence-corrected chi connectivity index (χ0v) is 10.2. The first kappa shape index (κ1) is 10.5. The Labute approximate surface area is 100 Å². The minimum Gasteiger partial charge on any atom is -0.475 e. The van der Waals surface area contributed by atoms with Gasteiger partial charge in [0.1, 0.15) is 5.58 Å². The lowest BCUT2D eigenvalue weighted by Gasteiger charge is -1.94. The van der Waals surface area contributed by atoms with Crippen molar-refractivity contribution in [2.75, 3.05) is 0 Å². The lowest BCUT2D eigenvalue weighted by molar-refractivity contribution is 0.0663. The molecular formula is C11H9IO3. The number of aromatic carboxylic acids is 1. The molecule has 78 valence electrons. The molecule has 0 aliphatic carbocycles. The maximum absolute atomic E-state index is 10.9. The highest BCUT2D eigenvalue weighted by atomic mass is 127. The van der Waals surface area contributed by atoms with Gasteiger partial charge in [0.25, 0.3) is 0 Å². The highest BCUT2D eigenvalue weighted by Crippen LogP contribution is 2.27. The van der Waals surface area contributed by atoms with Crippen molar-refractivity contribution in [2.45, 2.75) is 13.3 Å². The first-order chi connectivity index (χ1) is 7.13. The van der Waals surface area contributed by atoms with Crippen molar-refractivity contribution >= 4 is 39.5 Å². The molecule has 1 heterocycles. The molecule has 4 heteroatoms. The third-order valence-corrected chi connectivity index (χ3v) is 2.97. The molecular weight excluding hydrogens is 307 g/mol. The Hall–Kier alpha value is -1.04. The average molecular weight is 316 g/mol. The zero-order chi connectivity index (χ0) is 11.0. The Morgan fingerprint density at radius 1 is 1.53 bits per heavy atom. The van der Waals surface area contributed by atoms with E-state index in [-0.39, 0.29) is 5.76 Å². The van der Waals surface area contributed by atoms with Crippen LogP contribution in [-0.2, 0) is 6.42 Å². The Morgan fingerprint density at radius 2 is 2.27 bits per heavy atom. The van der Waals surface area contributed by atoms with Gasteiger partial charge in [-0.3, -0.25) is 0 Å². The molecule has 0 saturated heterocycles. The van der Waals surface area contributed by atoms with E-state index in [1.165, 1.54) is 0 Å². The maximum Gasteiger partial charge on any atom is 0.372 e. The van der Waals surface area contributed by atoms with Crippen LogP contribution >= 0.6 is 22.6 Å². The molecule has 0 aliphatic heterocycles. The molecule has 1 N–H and O–H groups in total. The number of benzene rings is 1. The van der Waals surface area contributed by atoms with E-state index in [1.807, 2.05) is 25.1 Å². The molecule has 0 unspecified atom stereocenters. The fourth-order valence-corrected chi connectivity index (χ4v) is 2.14. The van der Waals surface area contributed by atoms with Crippen LogP contribution in [0.4, 0.5) is 0 Å². The van der Waals surface area contributed by atoms with Crippen LogP contribution in [0.15, 0.2) is 22.6 Å². The van der Waals surface area contributed by atoms with E-state index < -0.39 is 5.97 Å². The SMILES string of the molecule is CCc1c(C(=O)O)oc2ccc(I)cc12. The number of furan rings is 1. The van der Waals surface area contributed by atoms with Crippen molar-refractivity contribution in [2.24, 2.45) is 0 Å². The van der Waals surface area contributed by atoms with Gasteiger partial charge in [-0.2, -0.15) is 0 Å². The van der Waals surface area contributed by atoms with E-state index in [2.05, 4.69) is 22.6 Å². The molecule has 1 aromatic carbocycles. The van der Waals surface area contributed by atoms with Gasteiger partial charge in [0.05, 0.1) is 0 Å². The number of carboxylic acid groups (broad SMARTS) is 1. The number of carboxylic acids is 1. The molecule has 0 spiro atoms. The number of aryl methyl sites for hydroxylation is 1. The first-order valence-corrected chi connectivity index (χ1v) is 5.65. The summed E-state index contributed by atoms with van der Waals surface area (Å²) in [4.78, 5) is 10.9. The zero-order valence-electron chi connectivity index (χ0n) is 8.08. The van der Waals surface area contributed by atoms with Crippen LogP contribution in [0.2, 0.25) is 0 Å². The monoisotopic (exact) mass is 316 g/mol. The number of fused-ring (bicyclic) bond motifs is 1. The second-order valence-electron chi connectivity index (χ2n) is 3.21. The van der Waals surface area contributed by atoms with Crippen molar-refractivity contribution < 1.29 is 14.3 Å². The van der Waals surface area contributed by atoms with Gasteiger partial charge in [-0.1, -0.05) is 6.92 Å². The number of carbonyl (C=O) groups is 1. The van der Waals surface area contributed by atoms with Crippen molar-refractivity contribution in [3.05, 3.63) is 33.1 Å². The summed E-state index contributed by atoms with van der Waals surface area (Å²) in [6.45, 7) is 1.93. The summed E-state index contributed by atoms with van der Waals surface area (Å²) >= 11 is 2.20. The van der Waals surface area contributed by atoms with Gasteiger partial charge in [-0.15, -0.1) is 0 Å². The highest BCUT2D eigenvalue weighted by Gasteiger charge is 2.18.